The first-order chi connectivity index (χ1) is 9.08. The average molecular weight is 306 g/mol. The number of rotatable bonds is 5. The molecule has 0 aromatic rings. The zero-order valence-corrected chi connectivity index (χ0v) is 13.6. The zero-order chi connectivity index (χ0) is 15.4. The smallest absolute Gasteiger partial charge is 0.410 e. The Bertz CT molecular complexity index is 428. The third-order valence-electron chi connectivity index (χ3n) is 3.03. The van der Waals surface area contributed by atoms with E-state index in [1.54, 1.807) is 4.90 Å². The summed E-state index contributed by atoms with van der Waals surface area (Å²) in [5.41, 5.74) is -0.492. The fourth-order valence-corrected chi connectivity index (χ4v) is 2.65. The number of ether oxygens (including phenoxy) is 1. The van der Waals surface area contributed by atoms with Crippen LogP contribution < -0.4 is 5.32 Å². The normalized spacial score (nSPS) is 20.2. The molecule has 0 saturated carbocycles. The first-order valence-electron chi connectivity index (χ1n) is 6.96. The predicted octanol–water partition coefficient (Wildman–Crippen LogP) is 1.02. The van der Waals surface area contributed by atoms with Gasteiger partial charge in [-0.1, -0.05) is 0 Å². The van der Waals surface area contributed by atoms with Gasteiger partial charge >= 0.3 is 6.09 Å². The molecule has 0 aliphatic carbocycles. The van der Waals surface area contributed by atoms with Gasteiger partial charge in [-0.15, -0.1) is 0 Å². The molecule has 7 heteroatoms. The summed E-state index contributed by atoms with van der Waals surface area (Å²) in [6.07, 6.45) is 2.81. The molecule has 1 saturated heterocycles. The molecule has 1 heterocycles. The number of nitrogens with one attached hydrogen (secondary N) is 1. The van der Waals surface area contributed by atoms with Crippen LogP contribution in [0.3, 0.4) is 0 Å². The minimum absolute atomic E-state index is 0.0874. The highest BCUT2D eigenvalue weighted by molar-refractivity contribution is 7.90. The van der Waals surface area contributed by atoms with Crippen molar-refractivity contribution in [3.05, 3.63) is 0 Å². The second kappa shape index (κ2) is 6.76. The topological polar surface area (TPSA) is 75.7 Å². The Kier molecular flexibility index (Phi) is 5.82. The number of likely N-dealkylation sites (tertiary alicyclic amines) is 1. The van der Waals surface area contributed by atoms with E-state index in [0.29, 0.717) is 19.6 Å². The van der Waals surface area contributed by atoms with Crippen molar-refractivity contribution in [3.8, 4) is 0 Å². The maximum Gasteiger partial charge on any atom is 0.410 e. The van der Waals surface area contributed by atoms with E-state index in [4.69, 9.17) is 4.74 Å². The lowest BCUT2D eigenvalue weighted by molar-refractivity contribution is 0.0227. The van der Waals surface area contributed by atoms with Gasteiger partial charge in [0.2, 0.25) is 0 Å². The van der Waals surface area contributed by atoms with Crippen LogP contribution in [0.5, 0.6) is 0 Å². The molecular weight excluding hydrogens is 280 g/mol. The van der Waals surface area contributed by atoms with Crippen molar-refractivity contribution < 1.29 is 17.9 Å². The molecule has 1 unspecified atom stereocenters. The predicted molar refractivity (Wildman–Crippen MR) is 78.5 cm³/mol. The Hall–Kier alpha value is -0.820. The van der Waals surface area contributed by atoms with Crippen molar-refractivity contribution in [1.82, 2.24) is 10.2 Å². The van der Waals surface area contributed by atoms with Gasteiger partial charge < -0.3 is 15.0 Å². The molecule has 0 bridgehead atoms. The Labute approximate surface area is 121 Å². The number of sulfone groups is 1. The van der Waals surface area contributed by atoms with Crippen molar-refractivity contribution in [3.63, 3.8) is 0 Å². The molecule has 1 rings (SSSR count). The van der Waals surface area contributed by atoms with Gasteiger partial charge in [-0.05, 0) is 33.6 Å². The fraction of sp³-hybridized carbons (Fsp3) is 0.923. The van der Waals surface area contributed by atoms with Gasteiger partial charge in [0.05, 0.1) is 5.75 Å². The van der Waals surface area contributed by atoms with Crippen LogP contribution in [0.4, 0.5) is 4.79 Å². The molecule has 1 atom stereocenters. The monoisotopic (exact) mass is 306 g/mol. The standard InChI is InChI=1S/C13H26N2O4S/c1-13(2,3)19-12(16)15-8-5-6-11(15)10-14-7-9-20(4,17)18/h11,14H,5-10H2,1-4H3. The summed E-state index contributed by atoms with van der Waals surface area (Å²) in [5, 5.41) is 3.10. The third kappa shape index (κ3) is 6.56. The Balaban J connectivity index is 2.39. The first-order valence-corrected chi connectivity index (χ1v) is 9.02. The minimum atomic E-state index is -2.94. The van der Waals surface area contributed by atoms with E-state index in [1.165, 1.54) is 6.26 Å². The molecule has 1 fully saturated rings. The van der Waals surface area contributed by atoms with Crippen LogP contribution in [-0.2, 0) is 14.6 Å². The van der Waals surface area contributed by atoms with Crippen LogP contribution in [-0.4, -0.2) is 62.7 Å². The number of nitrogens with zero attached hydrogens (tertiary/aromatic N) is 1. The quantitative estimate of drug-likeness (QED) is 0.768. The van der Waals surface area contributed by atoms with Gasteiger partial charge in [-0.3, -0.25) is 0 Å². The van der Waals surface area contributed by atoms with Gasteiger partial charge in [0.1, 0.15) is 15.4 Å². The number of amides is 1. The average Bonchev–Trinajstić information content (AvgIpc) is 2.68. The molecule has 0 radical (unpaired) electrons. The Morgan fingerprint density at radius 2 is 2.05 bits per heavy atom. The number of hydrogen-bond acceptors (Lipinski definition) is 5. The number of hydrogen-bond donors (Lipinski definition) is 1. The molecule has 1 N–H and O–H groups in total. The maximum absolute atomic E-state index is 12.0. The molecular formula is C13H26N2O4S. The van der Waals surface area contributed by atoms with Crippen molar-refractivity contribution in [2.45, 2.75) is 45.3 Å². The second-order valence-corrected chi connectivity index (χ2v) is 8.56. The van der Waals surface area contributed by atoms with Gasteiger partial charge in [0.25, 0.3) is 0 Å². The van der Waals surface area contributed by atoms with Crippen LogP contribution in [0.1, 0.15) is 33.6 Å². The lowest BCUT2D eigenvalue weighted by atomic mass is 10.2. The highest BCUT2D eigenvalue weighted by atomic mass is 32.2. The summed E-state index contributed by atoms with van der Waals surface area (Å²) < 4.78 is 27.4. The molecule has 1 aliphatic rings. The van der Waals surface area contributed by atoms with Crippen LogP contribution in [0, 0.1) is 0 Å². The summed E-state index contributed by atoms with van der Waals surface area (Å²) in [6, 6.07) is 0.0874. The van der Waals surface area contributed by atoms with E-state index >= 15 is 0 Å². The molecule has 1 aliphatic heterocycles. The lowest BCUT2D eigenvalue weighted by Gasteiger charge is -2.28. The molecule has 0 aromatic carbocycles. The summed E-state index contributed by atoms with van der Waals surface area (Å²) in [7, 11) is -2.94. The van der Waals surface area contributed by atoms with E-state index in [2.05, 4.69) is 5.32 Å². The van der Waals surface area contributed by atoms with Crippen LogP contribution >= 0.6 is 0 Å². The van der Waals surface area contributed by atoms with E-state index in [0.717, 1.165) is 12.8 Å². The minimum Gasteiger partial charge on any atom is -0.444 e. The van der Waals surface area contributed by atoms with Crippen LogP contribution in [0.25, 0.3) is 0 Å². The second-order valence-electron chi connectivity index (χ2n) is 6.30. The summed E-state index contributed by atoms with van der Waals surface area (Å²) in [6.45, 7) is 7.26. The Morgan fingerprint density at radius 3 is 2.60 bits per heavy atom. The molecule has 6 nitrogen and oxygen atoms in total. The van der Waals surface area contributed by atoms with E-state index in [9.17, 15) is 13.2 Å². The van der Waals surface area contributed by atoms with Crippen molar-refractivity contribution in [2.75, 3.05) is 31.6 Å². The summed E-state index contributed by atoms with van der Waals surface area (Å²) in [4.78, 5) is 13.8. The van der Waals surface area contributed by atoms with Gasteiger partial charge in [0.15, 0.2) is 0 Å². The summed E-state index contributed by atoms with van der Waals surface area (Å²) >= 11 is 0. The van der Waals surface area contributed by atoms with Crippen molar-refractivity contribution in [2.24, 2.45) is 0 Å². The van der Waals surface area contributed by atoms with E-state index in [-0.39, 0.29) is 17.9 Å². The van der Waals surface area contributed by atoms with Crippen LogP contribution in [0.2, 0.25) is 0 Å². The molecule has 20 heavy (non-hydrogen) atoms. The maximum atomic E-state index is 12.0. The first kappa shape index (κ1) is 17.2. The van der Waals surface area contributed by atoms with Gasteiger partial charge in [-0.25, -0.2) is 13.2 Å². The molecule has 1 amide bonds. The largest absolute Gasteiger partial charge is 0.444 e. The zero-order valence-electron chi connectivity index (χ0n) is 12.8. The molecule has 118 valence electrons. The van der Waals surface area contributed by atoms with Crippen molar-refractivity contribution in [1.29, 1.82) is 0 Å². The third-order valence-corrected chi connectivity index (χ3v) is 3.98. The van der Waals surface area contributed by atoms with E-state index < -0.39 is 15.4 Å². The van der Waals surface area contributed by atoms with Gasteiger partial charge in [0, 0.05) is 31.9 Å². The fourth-order valence-electron chi connectivity index (χ4n) is 2.14. The summed E-state index contributed by atoms with van der Waals surface area (Å²) in [5.74, 6) is 0.117. The molecule has 0 aromatic heterocycles. The highest BCUT2D eigenvalue weighted by Gasteiger charge is 2.31. The van der Waals surface area contributed by atoms with Crippen LogP contribution in [0.15, 0.2) is 0 Å². The Morgan fingerprint density at radius 1 is 1.40 bits per heavy atom. The van der Waals surface area contributed by atoms with Gasteiger partial charge in [-0.2, -0.15) is 0 Å². The highest BCUT2D eigenvalue weighted by Crippen LogP contribution is 2.20. The number of carbonyl (C=O) groups excluding carboxylic acids is 1. The van der Waals surface area contributed by atoms with Crippen molar-refractivity contribution >= 4 is 15.9 Å². The lowest BCUT2D eigenvalue weighted by Crippen LogP contribution is -2.44. The van der Waals surface area contributed by atoms with E-state index in [1.807, 2.05) is 20.8 Å². The molecule has 0 spiro atoms. The number of carbonyl (C=O) groups is 1. The SMILES string of the molecule is CC(C)(C)OC(=O)N1CCCC1CNCCS(C)(=O)=O.